The minimum Gasteiger partial charge on any atom is -0.479 e. The lowest BCUT2D eigenvalue weighted by Crippen LogP contribution is -2.37. The number of fused-ring (bicyclic) bond motifs is 2. The van der Waals surface area contributed by atoms with Crippen molar-refractivity contribution in [1.82, 2.24) is 29.3 Å². The molecule has 0 aromatic carbocycles. The SMILES string of the molecule is CNC(=O)c1cnc2c(F)cc(-c3ccn4nc(N[C@H]5CC[C@](C)(OC)CC5)nc(OC)c34)cn12. The van der Waals surface area contributed by atoms with Crippen molar-refractivity contribution in [2.75, 3.05) is 26.6 Å². The molecular formula is C24H28FN7O3. The summed E-state index contributed by atoms with van der Waals surface area (Å²) < 4.78 is 29.2. The van der Waals surface area contributed by atoms with Gasteiger partial charge in [-0.2, -0.15) is 4.98 Å². The Balaban J connectivity index is 1.51. The lowest BCUT2D eigenvalue weighted by Gasteiger charge is -2.36. The zero-order valence-corrected chi connectivity index (χ0v) is 20.1. The van der Waals surface area contributed by atoms with Crippen LogP contribution in [0.2, 0.25) is 0 Å². The summed E-state index contributed by atoms with van der Waals surface area (Å²) in [4.78, 5) is 20.8. The molecule has 11 heteroatoms. The van der Waals surface area contributed by atoms with E-state index < -0.39 is 5.82 Å². The van der Waals surface area contributed by atoms with Crippen LogP contribution in [0.1, 0.15) is 43.1 Å². The first kappa shape index (κ1) is 23.0. The zero-order valence-electron chi connectivity index (χ0n) is 20.1. The maximum absolute atomic E-state index is 14.9. The number of hydrogen-bond acceptors (Lipinski definition) is 7. The molecule has 4 aromatic heterocycles. The second kappa shape index (κ2) is 8.81. The van der Waals surface area contributed by atoms with Gasteiger partial charge in [-0.1, -0.05) is 0 Å². The largest absolute Gasteiger partial charge is 0.479 e. The normalized spacial score (nSPS) is 20.3. The molecule has 0 unspecified atom stereocenters. The van der Waals surface area contributed by atoms with Gasteiger partial charge in [0, 0.05) is 43.7 Å². The minimum absolute atomic E-state index is 0.0719. The fourth-order valence-corrected chi connectivity index (χ4v) is 4.68. The molecule has 0 atom stereocenters. The van der Waals surface area contributed by atoms with Crippen molar-refractivity contribution in [3.63, 3.8) is 0 Å². The van der Waals surface area contributed by atoms with Gasteiger partial charge in [0.05, 0.1) is 18.9 Å². The topological polar surface area (TPSA) is 107 Å². The van der Waals surface area contributed by atoms with Gasteiger partial charge in [0.15, 0.2) is 11.5 Å². The number of halogens is 1. The van der Waals surface area contributed by atoms with Crippen molar-refractivity contribution in [3.05, 3.63) is 42.2 Å². The van der Waals surface area contributed by atoms with Crippen molar-refractivity contribution in [2.24, 2.45) is 0 Å². The van der Waals surface area contributed by atoms with Gasteiger partial charge in [0.2, 0.25) is 11.8 Å². The van der Waals surface area contributed by atoms with Gasteiger partial charge in [-0.05, 0) is 44.7 Å². The third kappa shape index (κ3) is 4.05. The number of amides is 1. The first-order chi connectivity index (χ1) is 16.9. The molecule has 4 aromatic rings. The predicted octanol–water partition coefficient (Wildman–Crippen LogP) is 3.31. The number of rotatable bonds is 6. The van der Waals surface area contributed by atoms with E-state index in [2.05, 4.69) is 32.6 Å². The Hall–Kier alpha value is -3.73. The molecule has 0 aliphatic heterocycles. The number of aromatic nitrogens is 5. The highest BCUT2D eigenvalue weighted by molar-refractivity contribution is 5.93. The van der Waals surface area contributed by atoms with Crippen molar-refractivity contribution >= 4 is 23.0 Å². The van der Waals surface area contributed by atoms with Crippen LogP contribution in [0, 0.1) is 5.82 Å². The lowest BCUT2D eigenvalue weighted by atomic mass is 9.83. The molecular weight excluding hydrogens is 453 g/mol. The van der Waals surface area contributed by atoms with Gasteiger partial charge in [0.1, 0.15) is 11.2 Å². The molecule has 1 amide bonds. The van der Waals surface area contributed by atoms with E-state index in [1.807, 2.05) is 6.07 Å². The number of nitrogens with zero attached hydrogens (tertiary/aromatic N) is 5. The minimum atomic E-state index is -0.546. The highest BCUT2D eigenvalue weighted by Crippen LogP contribution is 2.34. The average molecular weight is 482 g/mol. The van der Waals surface area contributed by atoms with Gasteiger partial charge in [0.25, 0.3) is 5.91 Å². The maximum Gasteiger partial charge on any atom is 0.269 e. The molecule has 4 heterocycles. The van der Waals surface area contributed by atoms with Crippen molar-refractivity contribution in [3.8, 4) is 17.0 Å². The van der Waals surface area contributed by atoms with Crippen LogP contribution in [0.4, 0.5) is 10.3 Å². The molecule has 184 valence electrons. The number of carbonyl (C=O) groups is 1. The summed E-state index contributed by atoms with van der Waals surface area (Å²) in [5.74, 6) is -0.0881. The molecule has 5 rings (SSSR count). The first-order valence-corrected chi connectivity index (χ1v) is 11.5. The number of ether oxygens (including phenoxy) is 2. The van der Waals surface area contributed by atoms with Crippen LogP contribution < -0.4 is 15.4 Å². The van der Waals surface area contributed by atoms with Gasteiger partial charge in [-0.25, -0.2) is 13.9 Å². The Morgan fingerprint density at radius 1 is 1.29 bits per heavy atom. The number of methoxy groups -OCH3 is 2. The van der Waals surface area contributed by atoms with Crippen LogP contribution in [0.5, 0.6) is 5.88 Å². The van der Waals surface area contributed by atoms with Crippen LogP contribution in [-0.4, -0.2) is 62.8 Å². The van der Waals surface area contributed by atoms with Gasteiger partial charge in [-0.3, -0.25) is 9.20 Å². The summed E-state index contributed by atoms with van der Waals surface area (Å²) >= 11 is 0. The van der Waals surface area contributed by atoms with E-state index in [0.29, 0.717) is 28.5 Å². The van der Waals surface area contributed by atoms with E-state index in [1.165, 1.54) is 30.8 Å². The molecule has 0 radical (unpaired) electrons. The van der Waals surface area contributed by atoms with E-state index in [0.717, 1.165) is 25.7 Å². The quantitative estimate of drug-likeness (QED) is 0.435. The number of pyridine rings is 1. The number of imidazole rings is 1. The van der Waals surface area contributed by atoms with E-state index in [4.69, 9.17) is 9.47 Å². The summed E-state index contributed by atoms with van der Waals surface area (Å²) in [6, 6.07) is 3.43. The molecule has 1 fully saturated rings. The predicted molar refractivity (Wildman–Crippen MR) is 128 cm³/mol. The van der Waals surface area contributed by atoms with Crippen LogP contribution >= 0.6 is 0 Å². The number of hydrogen-bond donors (Lipinski definition) is 2. The van der Waals surface area contributed by atoms with Gasteiger partial charge in [-0.15, -0.1) is 5.10 Å². The number of nitrogens with one attached hydrogen (secondary N) is 2. The molecule has 35 heavy (non-hydrogen) atoms. The summed E-state index contributed by atoms with van der Waals surface area (Å²) in [6.45, 7) is 2.14. The van der Waals surface area contributed by atoms with Crippen molar-refractivity contribution in [2.45, 2.75) is 44.2 Å². The number of carbonyl (C=O) groups excluding carboxylic acids is 1. The third-order valence-electron chi connectivity index (χ3n) is 6.87. The zero-order chi connectivity index (χ0) is 24.7. The second-order valence-corrected chi connectivity index (χ2v) is 9.03. The first-order valence-electron chi connectivity index (χ1n) is 11.5. The summed E-state index contributed by atoms with van der Waals surface area (Å²) in [5, 5.41) is 10.6. The monoisotopic (exact) mass is 481 g/mol. The Kier molecular flexibility index (Phi) is 5.79. The smallest absolute Gasteiger partial charge is 0.269 e. The summed E-state index contributed by atoms with van der Waals surface area (Å²) in [6.07, 6.45) is 8.60. The molecule has 2 N–H and O–H groups in total. The average Bonchev–Trinajstić information content (AvgIpc) is 3.49. The Labute approximate surface area is 201 Å². The van der Waals surface area contributed by atoms with Crippen LogP contribution in [0.15, 0.2) is 30.7 Å². The Morgan fingerprint density at radius 2 is 2.06 bits per heavy atom. The molecule has 0 bridgehead atoms. The van der Waals surface area contributed by atoms with Crippen molar-refractivity contribution < 1.29 is 18.7 Å². The fourth-order valence-electron chi connectivity index (χ4n) is 4.68. The Morgan fingerprint density at radius 3 is 2.74 bits per heavy atom. The highest BCUT2D eigenvalue weighted by atomic mass is 19.1. The summed E-state index contributed by atoms with van der Waals surface area (Å²) in [7, 11) is 4.81. The number of anilines is 1. The van der Waals surface area contributed by atoms with E-state index in [-0.39, 0.29) is 28.9 Å². The molecule has 0 spiro atoms. The maximum atomic E-state index is 14.9. The highest BCUT2D eigenvalue weighted by Gasteiger charge is 2.31. The van der Waals surface area contributed by atoms with E-state index in [9.17, 15) is 9.18 Å². The van der Waals surface area contributed by atoms with Gasteiger partial charge < -0.3 is 20.1 Å². The standard InChI is InChI=1S/C24H28FN7O3/c1-24(35-4)8-5-15(6-9-24)28-23-29-22(34-3)19-16(7-10-32(19)30-23)14-11-17(25)20-27-12-18(21(33)26-2)31(20)13-14/h7,10-13,15H,5-6,8-9H2,1-4H3,(H,26,33)(H,28,30)/t15-,24-. The molecule has 1 saturated carbocycles. The molecule has 1 aliphatic carbocycles. The molecule has 0 saturated heterocycles. The van der Waals surface area contributed by atoms with E-state index >= 15 is 0 Å². The third-order valence-corrected chi connectivity index (χ3v) is 6.87. The molecule has 1 aliphatic rings. The fraction of sp³-hybridized carbons (Fsp3) is 0.417. The van der Waals surface area contributed by atoms with Crippen LogP contribution in [0.25, 0.3) is 22.3 Å². The Bertz CT molecular complexity index is 1410. The van der Waals surface area contributed by atoms with Crippen LogP contribution in [-0.2, 0) is 4.74 Å². The van der Waals surface area contributed by atoms with Crippen LogP contribution in [0.3, 0.4) is 0 Å². The lowest BCUT2D eigenvalue weighted by molar-refractivity contribution is -0.0253. The van der Waals surface area contributed by atoms with E-state index in [1.54, 1.807) is 24.0 Å². The molecule has 10 nitrogen and oxygen atoms in total. The van der Waals surface area contributed by atoms with Gasteiger partial charge >= 0.3 is 0 Å². The second-order valence-electron chi connectivity index (χ2n) is 9.03. The summed E-state index contributed by atoms with van der Waals surface area (Å²) in [5.41, 5.74) is 2.02. The van der Waals surface area contributed by atoms with Crippen molar-refractivity contribution in [1.29, 1.82) is 0 Å².